The molecule has 0 saturated carbocycles. The molecule has 5 nitrogen and oxygen atoms in total. The van der Waals surface area contributed by atoms with Gasteiger partial charge in [0.15, 0.2) is 11.5 Å². The maximum Gasteiger partial charge on any atom is 0.308 e. The van der Waals surface area contributed by atoms with E-state index >= 15 is 0 Å². The molecular weight excluding hydrogens is 272 g/mol. The lowest BCUT2D eigenvalue weighted by molar-refractivity contribution is -0.136. The molecule has 1 aliphatic heterocycles. The molecule has 1 aromatic rings. The van der Waals surface area contributed by atoms with E-state index in [4.69, 9.17) is 9.47 Å². The highest BCUT2D eigenvalue weighted by molar-refractivity contribution is 6.27. The zero-order valence-electron chi connectivity index (χ0n) is 11.9. The standard InChI is InChI=1S/C16H14O5/c1-8(17)20-14-11(15-16(2,3)21-15)12(18)9-6-4-5-7-10(9)13(14)19/h4-7,15H,1-3H3. The van der Waals surface area contributed by atoms with Gasteiger partial charge in [0.1, 0.15) is 6.10 Å². The summed E-state index contributed by atoms with van der Waals surface area (Å²) in [6.45, 7) is 4.82. The highest BCUT2D eigenvalue weighted by atomic mass is 16.6. The van der Waals surface area contributed by atoms with Gasteiger partial charge in [0.2, 0.25) is 5.78 Å². The third kappa shape index (κ3) is 2.10. The number of allylic oxidation sites excluding steroid dienone is 1. The average molecular weight is 286 g/mol. The number of benzene rings is 1. The van der Waals surface area contributed by atoms with Crippen LogP contribution in [0.5, 0.6) is 0 Å². The Morgan fingerprint density at radius 1 is 1.14 bits per heavy atom. The minimum Gasteiger partial charge on any atom is -0.422 e. The Hall–Kier alpha value is -2.27. The van der Waals surface area contributed by atoms with Crippen LogP contribution in [-0.2, 0) is 14.3 Å². The van der Waals surface area contributed by atoms with Crippen LogP contribution >= 0.6 is 0 Å². The summed E-state index contributed by atoms with van der Waals surface area (Å²) in [7, 11) is 0. The highest BCUT2D eigenvalue weighted by Gasteiger charge is 2.55. The van der Waals surface area contributed by atoms with Gasteiger partial charge in [-0.1, -0.05) is 24.3 Å². The molecule has 1 aromatic carbocycles. The molecule has 2 aliphatic rings. The van der Waals surface area contributed by atoms with Crippen LogP contribution in [0.2, 0.25) is 0 Å². The molecule has 108 valence electrons. The third-order valence-corrected chi connectivity index (χ3v) is 3.62. The molecule has 1 unspecified atom stereocenters. The zero-order valence-corrected chi connectivity index (χ0v) is 11.9. The highest BCUT2D eigenvalue weighted by Crippen LogP contribution is 2.44. The van der Waals surface area contributed by atoms with Gasteiger partial charge < -0.3 is 9.47 Å². The van der Waals surface area contributed by atoms with Crippen molar-refractivity contribution in [2.24, 2.45) is 0 Å². The van der Waals surface area contributed by atoms with E-state index in [1.54, 1.807) is 24.3 Å². The molecule has 3 rings (SSSR count). The minimum absolute atomic E-state index is 0.138. The number of carbonyl (C=O) groups is 3. The van der Waals surface area contributed by atoms with E-state index in [0.717, 1.165) is 0 Å². The smallest absolute Gasteiger partial charge is 0.308 e. The first-order valence-corrected chi connectivity index (χ1v) is 6.62. The van der Waals surface area contributed by atoms with E-state index in [-0.39, 0.29) is 22.7 Å². The summed E-state index contributed by atoms with van der Waals surface area (Å²) >= 11 is 0. The molecule has 1 fully saturated rings. The van der Waals surface area contributed by atoms with Crippen LogP contribution in [0, 0.1) is 0 Å². The predicted molar refractivity (Wildman–Crippen MR) is 72.8 cm³/mol. The van der Waals surface area contributed by atoms with Crippen LogP contribution in [0.15, 0.2) is 35.6 Å². The summed E-state index contributed by atoms with van der Waals surface area (Å²) in [5, 5.41) is 0. The molecule has 1 atom stereocenters. The summed E-state index contributed by atoms with van der Waals surface area (Å²) in [4.78, 5) is 36.4. The van der Waals surface area contributed by atoms with Crippen LogP contribution in [0.4, 0.5) is 0 Å². The van der Waals surface area contributed by atoms with Crippen molar-refractivity contribution in [1.82, 2.24) is 0 Å². The van der Waals surface area contributed by atoms with Gasteiger partial charge in [0.25, 0.3) is 0 Å². The van der Waals surface area contributed by atoms with Crippen molar-refractivity contribution in [3.63, 3.8) is 0 Å². The summed E-state index contributed by atoms with van der Waals surface area (Å²) < 4.78 is 10.5. The van der Waals surface area contributed by atoms with Gasteiger partial charge in [0, 0.05) is 18.1 Å². The molecule has 0 radical (unpaired) electrons. The molecule has 1 saturated heterocycles. The van der Waals surface area contributed by atoms with Gasteiger partial charge >= 0.3 is 5.97 Å². The van der Waals surface area contributed by atoms with Gasteiger partial charge in [-0.2, -0.15) is 0 Å². The molecule has 0 aromatic heterocycles. The van der Waals surface area contributed by atoms with Gasteiger partial charge in [-0.25, -0.2) is 0 Å². The summed E-state index contributed by atoms with van der Waals surface area (Å²) in [5.74, 6) is -1.62. The van der Waals surface area contributed by atoms with Crippen molar-refractivity contribution in [1.29, 1.82) is 0 Å². The van der Waals surface area contributed by atoms with Crippen LogP contribution in [0.1, 0.15) is 41.5 Å². The molecule has 1 aliphatic carbocycles. The van der Waals surface area contributed by atoms with Crippen LogP contribution in [0.3, 0.4) is 0 Å². The van der Waals surface area contributed by atoms with E-state index < -0.39 is 23.5 Å². The molecule has 0 bridgehead atoms. The maximum atomic E-state index is 12.6. The molecular formula is C16H14O5. The first kappa shape index (κ1) is 13.7. The van der Waals surface area contributed by atoms with E-state index in [1.165, 1.54) is 6.92 Å². The maximum absolute atomic E-state index is 12.6. The van der Waals surface area contributed by atoms with Crippen LogP contribution in [0.25, 0.3) is 0 Å². The number of fused-ring (bicyclic) bond motifs is 1. The number of epoxide rings is 1. The number of Topliss-reactive ketones (excluding diaryl/α,β-unsaturated/α-hetero) is 2. The second kappa shape index (κ2) is 4.36. The lowest BCUT2D eigenvalue weighted by atomic mass is 9.84. The Bertz CT molecular complexity index is 711. The van der Waals surface area contributed by atoms with Gasteiger partial charge in [0.05, 0.1) is 11.2 Å². The first-order chi connectivity index (χ1) is 9.83. The van der Waals surface area contributed by atoms with Crippen molar-refractivity contribution in [3.05, 3.63) is 46.7 Å². The SMILES string of the molecule is CC(=O)OC1=C(C2OC2(C)C)C(=O)c2ccccc2C1=O. The van der Waals surface area contributed by atoms with Crippen LogP contribution < -0.4 is 0 Å². The fourth-order valence-electron chi connectivity index (χ4n) is 2.53. The lowest BCUT2D eigenvalue weighted by Crippen LogP contribution is -2.28. The van der Waals surface area contributed by atoms with Gasteiger partial charge in [-0.15, -0.1) is 0 Å². The number of ether oxygens (including phenoxy) is 2. The average Bonchev–Trinajstić information content (AvgIpc) is 3.04. The van der Waals surface area contributed by atoms with Crippen LogP contribution in [-0.4, -0.2) is 29.2 Å². The monoisotopic (exact) mass is 286 g/mol. The Balaban J connectivity index is 2.17. The molecule has 21 heavy (non-hydrogen) atoms. The number of carbonyl (C=O) groups excluding carboxylic acids is 3. The van der Waals surface area contributed by atoms with E-state index in [0.29, 0.717) is 5.56 Å². The number of esters is 1. The van der Waals surface area contributed by atoms with Crippen molar-refractivity contribution < 1.29 is 23.9 Å². The molecule has 0 spiro atoms. The van der Waals surface area contributed by atoms with Gasteiger partial charge in [-0.05, 0) is 13.8 Å². The van der Waals surface area contributed by atoms with E-state index in [2.05, 4.69) is 0 Å². The third-order valence-electron chi connectivity index (χ3n) is 3.62. The molecule has 0 N–H and O–H groups in total. The van der Waals surface area contributed by atoms with Crippen molar-refractivity contribution >= 4 is 17.5 Å². The number of ketones is 2. The van der Waals surface area contributed by atoms with Crippen molar-refractivity contribution in [2.45, 2.75) is 32.5 Å². The second-order valence-electron chi connectivity index (χ2n) is 5.64. The Kier molecular flexibility index (Phi) is 2.85. The van der Waals surface area contributed by atoms with Gasteiger partial charge in [-0.3, -0.25) is 14.4 Å². The fourth-order valence-corrected chi connectivity index (χ4v) is 2.53. The Morgan fingerprint density at radius 3 is 2.14 bits per heavy atom. The molecule has 5 heteroatoms. The normalized spacial score (nSPS) is 22.9. The topological polar surface area (TPSA) is 73.0 Å². The van der Waals surface area contributed by atoms with Crippen molar-refractivity contribution in [2.75, 3.05) is 0 Å². The first-order valence-electron chi connectivity index (χ1n) is 6.62. The lowest BCUT2D eigenvalue weighted by Gasteiger charge is -2.19. The quantitative estimate of drug-likeness (QED) is 0.614. The summed E-state index contributed by atoms with van der Waals surface area (Å²) in [5.41, 5.74) is 0.169. The fraction of sp³-hybridized carbons (Fsp3) is 0.312. The van der Waals surface area contributed by atoms with E-state index in [1.807, 2.05) is 13.8 Å². The molecule has 0 amide bonds. The Labute approximate surface area is 121 Å². The number of rotatable bonds is 2. The summed E-state index contributed by atoms with van der Waals surface area (Å²) in [6, 6.07) is 6.50. The Morgan fingerprint density at radius 2 is 1.67 bits per heavy atom. The number of hydrogen-bond donors (Lipinski definition) is 0. The van der Waals surface area contributed by atoms with Crippen molar-refractivity contribution in [3.8, 4) is 0 Å². The predicted octanol–water partition coefficient (Wildman–Crippen LogP) is 2.06. The second-order valence-corrected chi connectivity index (χ2v) is 5.64. The number of hydrogen-bond acceptors (Lipinski definition) is 5. The minimum atomic E-state index is -0.638. The largest absolute Gasteiger partial charge is 0.422 e. The molecule has 1 heterocycles. The summed E-state index contributed by atoms with van der Waals surface area (Å²) in [6.07, 6.45) is -0.531. The van der Waals surface area contributed by atoms with E-state index in [9.17, 15) is 14.4 Å². The zero-order chi connectivity index (χ0) is 15.4.